The molecule has 0 aromatic heterocycles. The van der Waals surface area contributed by atoms with E-state index >= 15 is 0 Å². The van der Waals surface area contributed by atoms with E-state index in [2.05, 4.69) is 0 Å². The van der Waals surface area contributed by atoms with Crippen LogP contribution in [0.3, 0.4) is 0 Å². The molecule has 0 amide bonds. The first-order chi connectivity index (χ1) is 8.11. The predicted molar refractivity (Wildman–Crippen MR) is 70.5 cm³/mol. The Hall–Kier alpha value is -0.810. The van der Waals surface area contributed by atoms with Crippen molar-refractivity contribution in [1.29, 1.82) is 0 Å². The quantitative estimate of drug-likeness (QED) is 0.802. The third-order valence-electron chi connectivity index (χ3n) is 3.03. The van der Waals surface area contributed by atoms with E-state index in [-0.39, 0.29) is 5.75 Å². The Bertz CT molecular complexity index is 540. The van der Waals surface area contributed by atoms with Crippen LogP contribution in [0.2, 0.25) is 0 Å². The highest BCUT2D eigenvalue weighted by atomic mass is 35.5. The average molecular weight is 295 g/mol. The van der Waals surface area contributed by atoms with Gasteiger partial charge in [0.2, 0.25) is 0 Å². The first-order valence-electron chi connectivity index (χ1n) is 5.28. The molecule has 1 rings (SSSR count). The van der Waals surface area contributed by atoms with Crippen molar-refractivity contribution in [2.75, 3.05) is 13.4 Å². The number of hydrogen-bond acceptors (Lipinski definition) is 3. The van der Waals surface area contributed by atoms with Crippen LogP contribution in [0.4, 0.5) is 4.39 Å². The summed E-state index contributed by atoms with van der Waals surface area (Å²) >= 11 is 6.16. The van der Waals surface area contributed by atoms with Gasteiger partial charge in [0.1, 0.15) is 0 Å². The summed E-state index contributed by atoms with van der Waals surface area (Å²) in [6, 6.07) is 4.19. The van der Waals surface area contributed by atoms with Crippen molar-refractivity contribution in [3.63, 3.8) is 0 Å². The topological polar surface area (TPSA) is 43.4 Å². The maximum absolute atomic E-state index is 13.6. The van der Waals surface area contributed by atoms with E-state index in [4.69, 9.17) is 16.3 Å². The van der Waals surface area contributed by atoms with Gasteiger partial charge in [-0.15, -0.1) is 11.6 Å². The molecule has 3 nitrogen and oxygen atoms in total. The fourth-order valence-electron chi connectivity index (χ4n) is 1.43. The molecule has 0 radical (unpaired) electrons. The largest absolute Gasteiger partial charge is 0.494 e. The maximum Gasteiger partial charge on any atom is 0.165 e. The van der Waals surface area contributed by atoms with E-state index in [1.807, 2.05) is 0 Å². The minimum Gasteiger partial charge on any atom is -0.494 e. The Morgan fingerprint density at radius 3 is 2.33 bits per heavy atom. The smallest absolute Gasteiger partial charge is 0.165 e. The first kappa shape index (κ1) is 15.2. The highest BCUT2D eigenvalue weighted by molar-refractivity contribution is 7.92. The molecule has 0 bridgehead atoms. The third-order valence-corrected chi connectivity index (χ3v) is 6.11. The fraction of sp³-hybridized carbons (Fsp3) is 0.500. The zero-order valence-corrected chi connectivity index (χ0v) is 12.3. The van der Waals surface area contributed by atoms with Crippen LogP contribution in [0.5, 0.6) is 5.75 Å². The second-order valence-electron chi connectivity index (χ2n) is 4.63. The van der Waals surface area contributed by atoms with Gasteiger partial charge in [0.15, 0.2) is 21.4 Å². The molecule has 1 aromatic rings. The zero-order chi connectivity index (χ0) is 14.1. The van der Waals surface area contributed by atoms with Gasteiger partial charge in [-0.1, -0.05) is 6.07 Å². The summed E-state index contributed by atoms with van der Waals surface area (Å²) in [5.74, 6) is -0.468. The van der Waals surface area contributed by atoms with Crippen molar-refractivity contribution in [3.05, 3.63) is 29.6 Å². The van der Waals surface area contributed by atoms with Gasteiger partial charge in [0.25, 0.3) is 0 Å². The molecule has 0 fully saturated rings. The number of ether oxygens (including phenoxy) is 1. The standard InChI is InChI=1S/C12H16ClFO3S/c1-12(2,18(4,15)16)11(13)8-5-6-10(17-3)9(14)7-8/h5-7,11H,1-4H3. The molecule has 1 atom stereocenters. The van der Waals surface area contributed by atoms with Crippen LogP contribution in [0.25, 0.3) is 0 Å². The van der Waals surface area contributed by atoms with E-state index in [1.54, 1.807) is 6.07 Å². The molecule has 0 aliphatic carbocycles. The van der Waals surface area contributed by atoms with Gasteiger partial charge in [0, 0.05) is 6.26 Å². The number of halogens is 2. The Kier molecular flexibility index (Phi) is 4.28. The molecule has 0 saturated heterocycles. The lowest BCUT2D eigenvalue weighted by molar-refractivity contribution is 0.386. The van der Waals surface area contributed by atoms with Crippen LogP contribution in [-0.4, -0.2) is 26.5 Å². The molecule has 0 saturated carbocycles. The monoisotopic (exact) mass is 294 g/mol. The second kappa shape index (κ2) is 5.05. The van der Waals surface area contributed by atoms with E-state index in [1.165, 1.54) is 33.1 Å². The van der Waals surface area contributed by atoms with Gasteiger partial charge in [-0.3, -0.25) is 0 Å². The van der Waals surface area contributed by atoms with Crippen molar-refractivity contribution < 1.29 is 17.5 Å². The zero-order valence-electron chi connectivity index (χ0n) is 10.7. The summed E-state index contributed by atoms with van der Waals surface area (Å²) in [5.41, 5.74) is 0.408. The third kappa shape index (κ3) is 2.78. The molecule has 1 unspecified atom stereocenters. The molecule has 0 aliphatic rings. The fourth-order valence-corrected chi connectivity index (χ4v) is 2.56. The van der Waals surface area contributed by atoms with Crippen LogP contribution in [0.15, 0.2) is 18.2 Å². The van der Waals surface area contributed by atoms with Crippen LogP contribution >= 0.6 is 11.6 Å². The minimum atomic E-state index is -3.36. The first-order valence-corrected chi connectivity index (χ1v) is 7.61. The van der Waals surface area contributed by atoms with Crippen LogP contribution in [-0.2, 0) is 9.84 Å². The summed E-state index contributed by atoms with van der Waals surface area (Å²) < 4.78 is 40.5. The number of alkyl halides is 1. The Labute approximate surface area is 112 Å². The lowest BCUT2D eigenvalue weighted by Crippen LogP contribution is -2.35. The highest BCUT2D eigenvalue weighted by Gasteiger charge is 2.39. The Balaban J connectivity index is 3.20. The van der Waals surface area contributed by atoms with E-state index in [9.17, 15) is 12.8 Å². The van der Waals surface area contributed by atoms with Gasteiger partial charge in [-0.05, 0) is 31.5 Å². The lowest BCUT2D eigenvalue weighted by atomic mass is 10.0. The Morgan fingerprint density at radius 2 is 1.94 bits per heavy atom. The van der Waals surface area contributed by atoms with Gasteiger partial charge >= 0.3 is 0 Å². The molecule has 6 heteroatoms. The van der Waals surface area contributed by atoms with Crippen molar-refractivity contribution in [2.45, 2.75) is 24.0 Å². The molecule has 102 valence electrons. The molecule has 1 aromatic carbocycles. The van der Waals surface area contributed by atoms with E-state index in [0.717, 1.165) is 6.26 Å². The molecule has 0 aliphatic heterocycles. The molecule has 18 heavy (non-hydrogen) atoms. The molecular weight excluding hydrogens is 279 g/mol. The van der Waals surface area contributed by atoms with E-state index in [0.29, 0.717) is 5.56 Å². The van der Waals surface area contributed by atoms with Crippen molar-refractivity contribution in [1.82, 2.24) is 0 Å². The van der Waals surface area contributed by atoms with Crippen LogP contribution in [0.1, 0.15) is 24.8 Å². The number of sulfone groups is 1. The van der Waals surface area contributed by atoms with Crippen molar-refractivity contribution in [2.24, 2.45) is 0 Å². The van der Waals surface area contributed by atoms with Gasteiger partial charge in [-0.2, -0.15) is 0 Å². The highest BCUT2D eigenvalue weighted by Crippen LogP contribution is 2.38. The number of benzene rings is 1. The second-order valence-corrected chi connectivity index (χ2v) is 7.67. The van der Waals surface area contributed by atoms with Gasteiger partial charge in [0.05, 0.1) is 17.2 Å². The SMILES string of the molecule is COc1ccc(C(Cl)C(C)(C)S(C)(=O)=O)cc1F. The summed E-state index contributed by atoms with van der Waals surface area (Å²) in [4.78, 5) is 0. The van der Waals surface area contributed by atoms with E-state index < -0.39 is 25.8 Å². The van der Waals surface area contributed by atoms with Crippen LogP contribution in [0, 0.1) is 5.82 Å². The number of rotatable bonds is 4. The maximum atomic E-state index is 13.6. The summed E-state index contributed by atoms with van der Waals surface area (Å²) in [7, 11) is -2.01. The van der Waals surface area contributed by atoms with Crippen LogP contribution < -0.4 is 4.74 Å². The normalized spacial score (nSPS) is 14.3. The van der Waals surface area contributed by atoms with Crippen molar-refractivity contribution in [3.8, 4) is 5.75 Å². The molecule has 0 spiro atoms. The summed E-state index contributed by atoms with van der Waals surface area (Å²) in [6.07, 6.45) is 1.11. The average Bonchev–Trinajstić information content (AvgIpc) is 2.26. The Morgan fingerprint density at radius 1 is 1.39 bits per heavy atom. The van der Waals surface area contributed by atoms with Gasteiger partial charge in [-0.25, -0.2) is 12.8 Å². The van der Waals surface area contributed by atoms with Crippen molar-refractivity contribution >= 4 is 21.4 Å². The van der Waals surface area contributed by atoms with Gasteiger partial charge < -0.3 is 4.74 Å². The molecular formula is C12H16ClFO3S. The number of hydrogen-bond donors (Lipinski definition) is 0. The number of methoxy groups -OCH3 is 1. The minimum absolute atomic E-state index is 0.0970. The summed E-state index contributed by atoms with van der Waals surface area (Å²) in [6.45, 7) is 3.03. The lowest BCUT2D eigenvalue weighted by Gasteiger charge is -2.28. The molecule has 0 heterocycles. The molecule has 0 N–H and O–H groups in total. The summed E-state index contributed by atoms with van der Waals surface area (Å²) in [5, 5.41) is -0.840. The predicted octanol–water partition coefficient (Wildman–Crippen LogP) is 2.94.